The van der Waals surface area contributed by atoms with E-state index in [1.807, 2.05) is 4.90 Å². The number of methoxy groups -OCH3 is 1. The smallest absolute Gasteiger partial charge is 0.257 e. The summed E-state index contributed by atoms with van der Waals surface area (Å²) in [6.45, 7) is 5.96. The minimum absolute atomic E-state index is 0.00958. The molecule has 4 nitrogen and oxygen atoms in total. The molecule has 0 bridgehead atoms. The Labute approximate surface area is 108 Å². The summed E-state index contributed by atoms with van der Waals surface area (Å²) < 4.78 is 5.23. The minimum Gasteiger partial charge on any atom is -0.496 e. The van der Waals surface area contributed by atoms with Crippen LogP contribution in [0.1, 0.15) is 24.2 Å². The van der Waals surface area contributed by atoms with Gasteiger partial charge in [0.25, 0.3) is 5.91 Å². The fourth-order valence-electron chi connectivity index (χ4n) is 2.36. The van der Waals surface area contributed by atoms with E-state index in [1.165, 1.54) is 0 Å². The second-order valence-electron chi connectivity index (χ2n) is 5.12. The molecule has 1 amide bonds. The van der Waals surface area contributed by atoms with E-state index in [9.17, 15) is 4.79 Å². The van der Waals surface area contributed by atoms with E-state index in [4.69, 9.17) is 10.5 Å². The van der Waals surface area contributed by atoms with Crippen molar-refractivity contribution >= 4 is 11.6 Å². The molecular formula is C14H20N2O2. The van der Waals surface area contributed by atoms with Gasteiger partial charge in [-0.05, 0) is 30.0 Å². The first kappa shape index (κ1) is 12.7. The number of hydrogen-bond donors (Lipinski definition) is 1. The van der Waals surface area contributed by atoms with E-state index in [0.717, 1.165) is 13.1 Å². The number of carbonyl (C=O) groups excluding carboxylic acids is 1. The SMILES string of the molecule is COc1ccc(N)cc1C(=O)N1CC(C)C(C)C1. The van der Waals surface area contributed by atoms with Crippen LogP contribution in [0, 0.1) is 11.8 Å². The van der Waals surface area contributed by atoms with Gasteiger partial charge < -0.3 is 15.4 Å². The van der Waals surface area contributed by atoms with Crippen molar-refractivity contribution in [2.24, 2.45) is 11.8 Å². The van der Waals surface area contributed by atoms with Gasteiger partial charge in [-0.2, -0.15) is 0 Å². The maximum Gasteiger partial charge on any atom is 0.257 e. The standard InChI is InChI=1S/C14H20N2O2/c1-9-7-16(8-10(9)2)14(17)12-6-11(15)4-5-13(12)18-3/h4-6,9-10H,7-8,15H2,1-3H3. The van der Waals surface area contributed by atoms with Crippen molar-refractivity contribution in [3.8, 4) is 5.75 Å². The molecule has 1 fully saturated rings. The second-order valence-corrected chi connectivity index (χ2v) is 5.12. The molecule has 98 valence electrons. The lowest BCUT2D eigenvalue weighted by molar-refractivity contribution is 0.0781. The molecule has 0 saturated carbocycles. The third-order valence-electron chi connectivity index (χ3n) is 3.73. The highest BCUT2D eigenvalue weighted by Gasteiger charge is 2.31. The van der Waals surface area contributed by atoms with Gasteiger partial charge in [-0.15, -0.1) is 0 Å². The van der Waals surface area contributed by atoms with E-state index in [0.29, 0.717) is 28.8 Å². The largest absolute Gasteiger partial charge is 0.496 e. The molecule has 0 spiro atoms. The Kier molecular flexibility index (Phi) is 3.45. The van der Waals surface area contributed by atoms with E-state index in [1.54, 1.807) is 25.3 Å². The fourth-order valence-corrected chi connectivity index (χ4v) is 2.36. The van der Waals surface area contributed by atoms with E-state index >= 15 is 0 Å². The zero-order valence-electron chi connectivity index (χ0n) is 11.1. The third kappa shape index (κ3) is 2.28. The fraction of sp³-hybridized carbons (Fsp3) is 0.500. The van der Waals surface area contributed by atoms with Gasteiger partial charge in [-0.1, -0.05) is 13.8 Å². The van der Waals surface area contributed by atoms with Crippen molar-refractivity contribution in [3.63, 3.8) is 0 Å². The number of anilines is 1. The molecule has 2 N–H and O–H groups in total. The highest BCUT2D eigenvalue weighted by molar-refractivity contribution is 5.98. The maximum atomic E-state index is 12.5. The van der Waals surface area contributed by atoms with E-state index in [2.05, 4.69) is 13.8 Å². The van der Waals surface area contributed by atoms with Crippen molar-refractivity contribution < 1.29 is 9.53 Å². The summed E-state index contributed by atoms with van der Waals surface area (Å²) in [5.74, 6) is 1.68. The van der Waals surface area contributed by atoms with Gasteiger partial charge in [0.05, 0.1) is 12.7 Å². The first-order chi connectivity index (χ1) is 8.52. The number of ether oxygens (including phenoxy) is 1. The first-order valence-electron chi connectivity index (χ1n) is 6.25. The van der Waals surface area contributed by atoms with Gasteiger partial charge >= 0.3 is 0 Å². The van der Waals surface area contributed by atoms with E-state index in [-0.39, 0.29) is 5.91 Å². The van der Waals surface area contributed by atoms with Gasteiger partial charge in [0.15, 0.2) is 0 Å². The zero-order chi connectivity index (χ0) is 13.3. The summed E-state index contributed by atoms with van der Waals surface area (Å²) in [5.41, 5.74) is 6.88. The average Bonchev–Trinajstić information content (AvgIpc) is 2.68. The Hall–Kier alpha value is -1.71. The molecule has 2 unspecified atom stereocenters. The Morgan fingerprint density at radius 1 is 1.33 bits per heavy atom. The Balaban J connectivity index is 2.26. The highest BCUT2D eigenvalue weighted by atomic mass is 16.5. The quantitative estimate of drug-likeness (QED) is 0.814. The van der Waals surface area contributed by atoms with Crippen LogP contribution < -0.4 is 10.5 Å². The molecule has 1 aliphatic heterocycles. The predicted octanol–water partition coefficient (Wildman–Crippen LogP) is 2.01. The van der Waals surface area contributed by atoms with Crippen LogP contribution in [0.5, 0.6) is 5.75 Å². The molecule has 4 heteroatoms. The summed E-state index contributed by atoms with van der Waals surface area (Å²) >= 11 is 0. The van der Waals surface area contributed by atoms with Crippen LogP contribution in [0.4, 0.5) is 5.69 Å². The topological polar surface area (TPSA) is 55.6 Å². The van der Waals surface area contributed by atoms with Crippen LogP contribution >= 0.6 is 0 Å². The van der Waals surface area contributed by atoms with Gasteiger partial charge in [-0.25, -0.2) is 0 Å². The lowest BCUT2D eigenvalue weighted by Crippen LogP contribution is -2.29. The van der Waals surface area contributed by atoms with Crippen LogP contribution in [0.25, 0.3) is 0 Å². The van der Waals surface area contributed by atoms with Crippen LogP contribution in [0.15, 0.2) is 18.2 Å². The van der Waals surface area contributed by atoms with Gasteiger partial charge in [0.1, 0.15) is 5.75 Å². The number of carbonyl (C=O) groups is 1. The molecule has 0 aliphatic carbocycles. The molecule has 1 aromatic rings. The normalized spacial score (nSPS) is 23.2. The van der Waals surface area contributed by atoms with Crippen molar-refractivity contribution in [1.82, 2.24) is 4.90 Å². The van der Waals surface area contributed by atoms with Crippen molar-refractivity contribution in [3.05, 3.63) is 23.8 Å². The Morgan fingerprint density at radius 2 is 1.94 bits per heavy atom. The van der Waals surface area contributed by atoms with Crippen LogP contribution in [-0.4, -0.2) is 31.0 Å². The molecule has 2 atom stereocenters. The lowest BCUT2D eigenvalue weighted by atomic mass is 10.0. The lowest BCUT2D eigenvalue weighted by Gasteiger charge is -2.18. The maximum absolute atomic E-state index is 12.5. The van der Waals surface area contributed by atoms with Gasteiger partial charge in [0, 0.05) is 18.8 Å². The molecular weight excluding hydrogens is 228 g/mol. The van der Waals surface area contributed by atoms with Gasteiger partial charge in [0.2, 0.25) is 0 Å². The number of nitrogens with two attached hydrogens (primary N) is 1. The number of nitrogen functional groups attached to an aromatic ring is 1. The molecule has 18 heavy (non-hydrogen) atoms. The Bertz CT molecular complexity index is 449. The van der Waals surface area contributed by atoms with Gasteiger partial charge in [-0.3, -0.25) is 4.79 Å². The summed E-state index contributed by atoms with van der Waals surface area (Å²) in [6.07, 6.45) is 0. The first-order valence-corrected chi connectivity index (χ1v) is 6.25. The number of nitrogens with zero attached hydrogens (tertiary/aromatic N) is 1. The van der Waals surface area contributed by atoms with Crippen molar-refractivity contribution in [2.75, 3.05) is 25.9 Å². The summed E-state index contributed by atoms with van der Waals surface area (Å²) in [4.78, 5) is 14.3. The van der Waals surface area contributed by atoms with Crippen LogP contribution in [-0.2, 0) is 0 Å². The molecule has 0 radical (unpaired) electrons. The number of rotatable bonds is 2. The second kappa shape index (κ2) is 4.88. The van der Waals surface area contributed by atoms with E-state index < -0.39 is 0 Å². The summed E-state index contributed by atoms with van der Waals surface area (Å²) in [6, 6.07) is 5.17. The molecule has 1 saturated heterocycles. The minimum atomic E-state index is 0.00958. The molecule has 1 heterocycles. The molecule has 0 aromatic heterocycles. The summed E-state index contributed by atoms with van der Waals surface area (Å²) in [7, 11) is 1.57. The number of hydrogen-bond acceptors (Lipinski definition) is 3. The number of likely N-dealkylation sites (tertiary alicyclic amines) is 1. The number of benzene rings is 1. The molecule has 2 rings (SSSR count). The van der Waals surface area contributed by atoms with Crippen LogP contribution in [0.3, 0.4) is 0 Å². The van der Waals surface area contributed by atoms with Crippen LogP contribution in [0.2, 0.25) is 0 Å². The number of amides is 1. The van der Waals surface area contributed by atoms with Crippen molar-refractivity contribution in [1.29, 1.82) is 0 Å². The Morgan fingerprint density at radius 3 is 2.50 bits per heavy atom. The molecule has 1 aromatic carbocycles. The van der Waals surface area contributed by atoms with Crippen molar-refractivity contribution in [2.45, 2.75) is 13.8 Å². The highest BCUT2D eigenvalue weighted by Crippen LogP contribution is 2.27. The monoisotopic (exact) mass is 248 g/mol. The average molecular weight is 248 g/mol. The summed E-state index contributed by atoms with van der Waals surface area (Å²) in [5, 5.41) is 0. The third-order valence-corrected chi connectivity index (χ3v) is 3.73. The zero-order valence-corrected chi connectivity index (χ0v) is 11.1. The molecule has 1 aliphatic rings. The predicted molar refractivity (Wildman–Crippen MR) is 71.6 cm³/mol.